The molecule has 6 heteroatoms. The van der Waals surface area contributed by atoms with E-state index in [2.05, 4.69) is 5.32 Å². The number of hydrogen-bond acceptors (Lipinski definition) is 2. The van der Waals surface area contributed by atoms with Crippen molar-refractivity contribution in [2.45, 2.75) is 20.3 Å². The van der Waals surface area contributed by atoms with Crippen molar-refractivity contribution in [2.75, 3.05) is 5.32 Å². The highest BCUT2D eigenvalue weighted by Gasteiger charge is 2.20. The standard InChI is InChI=1S/C12H14Cl2N2OS/c1-3-7(11(15)18)12(17)16-10-5-8(13)6(2)4-9(10)14/h4-5,7H,3H2,1-2H3,(H2,15,18)(H,16,17). The molecular weight excluding hydrogens is 291 g/mol. The molecule has 0 bridgehead atoms. The zero-order valence-corrected chi connectivity index (χ0v) is 12.4. The van der Waals surface area contributed by atoms with Crippen LogP contribution in [0.15, 0.2) is 12.1 Å². The largest absolute Gasteiger partial charge is 0.393 e. The fourth-order valence-electron chi connectivity index (χ4n) is 1.48. The molecular formula is C12H14Cl2N2OS. The molecule has 3 N–H and O–H groups in total. The maximum atomic E-state index is 12.0. The van der Waals surface area contributed by atoms with Crippen LogP contribution < -0.4 is 11.1 Å². The Bertz CT molecular complexity index is 491. The molecule has 0 aliphatic carbocycles. The summed E-state index contributed by atoms with van der Waals surface area (Å²) >= 11 is 16.9. The quantitative estimate of drug-likeness (QED) is 0.836. The summed E-state index contributed by atoms with van der Waals surface area (Å²) in [5.41, 5.74) is 6.82. The summed E-state index contributed by atoms with van der Waals surface area (Å²) < 4.78 is 0. The molecule has 0 aromatic heterocycles. The number of carbonyl (C=O) groups is 1. The van der Waals surface area contributed by atoms with Crippen molar-refractivity contribution < 1.29 is 4.79 Å². The molecule has 0 radical (unpaired) electrons. The van der Waals surface area contributed by atoms with Gasteiger partial charge in [-0.1, -0.05) is 42.3 Å². The van der Waals surface area contributed by atoms with Crippen LogP contribution in [0.2, 0.25) is 10.0 Å². The Labute approximate surface area is 122 Å². The molecule has 1 unspecified atom stereocenters. The first-order valence-corrected chi connectivity index (χ1v) is 6.59. The van der Waals surface area contributed by atoms with Crippen LogP contribution in [-0.4, -0.2) is 10.9 Å². The molecule has 1 aromatic rings. The third-order valence-electron chi connectivity index (χ3n) is 2.57. The van der Waals surface area contributed by atoms with Crippen molar-refractivity contribution in [3.05, 3.63) is 27.7 Å². The van der Waals surface area contributed by atoms with E-state index >= 15 is 0 Å². The second kappa shape index (κ2) is 6.36. The Morgan fingerprint density at radius 1 is 1.44 bits per heavy atom. The molecule has 0 heterocycles. The van der Waals surface area contributed by atoms with Crippen LogP contribution in [0.1, 0.15) is 18.9 Å². The van der Waals surface area contributed by atoms with Gasteiger partial charge in [-0.05, 0) is 31.0 Å². The van der Waals surface area contributed by atoms with Gasteiger partial charge in [0.25, 0.3) is 0 Å². The Kier molecular flexibility index (Phi) is 5.38. The first kappa shape index (κ1) is 15.2. The van der Waals surface area contributed by atoms with Gasteiger partial charge in [-0.25, -0.2) is 0 Å². The number of carbonyl (C=O) groups excluding carboxylic acids is 1. The smallest absolute Gasteiger partial charge is 0.234 e. The molecule has 0 spiro atoms. The lowest BCUT2D eigenvalue weighted by Crippen LogP contribution is -2.32. The summed E-state index contributed by atoms with van der Waals surface area (Å²) in [5, 5.41) is 3.66. The minimum absolute atomic E-state index is 0.171. The predicted molar refractivity (Wildman–Crippen MR) is 80.4 cm³/mol. The highest BCUT2D eigenvalue weighted by atomic mass is 35.5. The second-order valence-corrected chi connectivity index (χ2v) is 5.22. The van der Waals surface area contributed by atoms with Gasteiger partial charge in [-0.3, -0.25) is 4.79 Å². The van der Waals surface area contributed by atoms with Crippen LogP contribution in [-0.2, 0) is 4.79 Å². The van der Waals surface area contributed by atoms with Crippen molar-refractivity contribution in [1.29, 1.82) is 0 Å². The van der Waals surface area contributed by atoms with Crippen LogP contribution in [0.25, 0.3) is 0 Å². The molecule has 98 valence electrons. The first-order valence-electron chi connectivity index (χ1n) is 5.42. The van der Waals surface area contributed by atoms with E-state index in [1.807, 2.05) is 13.8 Å². The number of nitrogens with two attached hydrogens (primary N) is 1. The Hall–Kier alpha value is -0.840. The Morgan fingerprint density at radius 3 is 2.56 bits per heavy atom. The minimum atomic E-state index is -0.504. The summed E-state index contributed by atoms with van der Waals surface area (Å²) in [6.07, 6.45) is 0.540. The number of anilines is 1. The molecule has 1 rings (SSSR count). The number of thiocarbonyl (C=S) groups is 1. The van der Waals surface area contributed by atoms with E-state index < -0.39 is 5.92 Å². The van der Waals surface area contributed by atoms with Crippen molar-refractivity contribution in [3.8, 4) is 0 Å². The second-order valence-electron chi connectivity index (χ2n) is 3.93. The molecule has 1 atom stereocenters. The number of nitrogens with one attached hydrogen (secondary N) is 1. The average molecular weight is 305 g/mol. The van der Waals surface area contributed by atoms with E-state index in [-0.39, 0.29) is 10.9 Å². The summed E-state index contributed by atoms with van der Waals surface area (Å²) in [6, 6.07) is 3.31. The average Bonchev–Trinajstić information content (AvgIpc) is 2.26. The van der Waals surface area contributed by atoms with E-state index in [0.29, 0.717) is 22.2 Å². The van der Waals surface area contributed by atoms with E-state index in [1.165, 1.54) is 0 Å². The van der Waals surface area contributed by atoms with Crippen molar-refractivity contribution in [2.24, 2.45) is 11.7 Å². The van der Waals surface area contributed by atoms with Gasteiger partial charge in [0.1, 0.15) is 0 Å². The molecule has 0 aliphatic rings. The van der Waals surface area contributed by atoms with Gasteiger partial charge in [0.05, 0.1) is 21.6 Å². The van der Waals surface area contributed by atoms with Crippen molar-refractivity contribution >= 4 is 52.0 Å². The number of benzene rings is 1. The monoisotopic (exact) mass is 304 g/mol. The van der Waals surface area contributed by atoms with E-state index in [4.69, 9.17) is 41.2 Å². The number of aryl methyl sites for hydroxylation is 1. The molecule has 0 saturated heterocycles. The maximum Gasteiger partial charge on any atom is 0.234 e. The summed E-state index contributed by atoms with van der Waals surface area (Å²) in [7, 11) is 0. The van der Waals surface area contributed by atoms with E-state index in [0.717, 1.165) is 5.56 Å². The molecule has 0 fully saturated rings. The molecule has 1 aromatic carbocycles. The van der Waals surface area contributed by atoms with Gasteiger partial charge in [0, 0.05) is 5.02 Å². The van der Waals surface area contributed by atoms with Crippen LogP contribution in [0, 0.1) is 12.8 Å². The summed E-state index contributed by atoms with van der Waals surface area (Å²) in [5.74, 6) is -0.775. The molecule has 1 amide bonds. The minimum Gasteiger partial charge on any atom is -0.393 e. The zero-order valence-electron chi connectivity index (χ0n) is 10.1. The first-order chi connectivity index (χ1) is 8.36. The maximum absolute atomic E-state index is 12.0. The topological polar surface area (TPSA) is 55.1 Å². The zero-order chi connectivity index (χ0) is 13.9. The van der Waals surface area contributed by atoms with Crippen LogP contribution in [0.5, 0.6) is 0 Å². The fraction of sp³-hybridized carbons (Fsp3) is 0.333. The van der Waals surface area contributed by atoms with Gasteiger partial charge in [0.15, 0.2) is 0 Å². The summed E-state index contributed by atoms with van der Waals surface area (Å²) in [4.78, 5) is 12.1. The summed E-state index contributed by atoms with van der Waals surface area (Å²) in [6.45, 7) is 3.68. The van der Waals surface area contributed by atoms with Crippen molar-refractivity contribution in [1.82, 2.24) is 0 Å². The highest BCUT2D eigenvalue weighted by molar-refractivity contribution is 7.80. The lowest BCUT2D eigenvalue weighted by atomic mass is 10.1. The van der Waals surface area contributed by atoms with Gasteiger partial charge < -0.3 is 11.1 Å². The molecule has 0 saturated carbocycles. The van der Waals surface area contributed by atoms with Gasteiger partial charge in [-0.15, -0.1) is 0 Å². The van der Waals surface area contributed by atoms with E-state index in [9.17, 15) is 4.79 Å². The Balaban J connectivity index is 2.94. The lowest BCUT2D eigenvalue weighted by Gasteiger charge is -2.15. The van der Waals surface area contributed by atoms with Gasteiger partial charge in [0.2, 0.25) is 5.91 Å². The lowest BCUT2D eigenvalue weighted by molar-refractivity contribution is -0.118. The third kappa shape index (κ3) is 3.57. The number of rotatable bonds is 4. The van der Waals surface area contributed by atoms with Crippen molar-refractivity contribution in [3.63, 3.8) is 0 Å². The third-order valence-corrected chi connectivity index (χ3v) is 3.58. The van der Waals surface area contributed by atoms with Crippen LogP contribution in [0.4, 0.5) is 5.69 Å². The fourth-order valence-corrected chi connectivity index (χ4v) is 2.18. The number of amides is 1. The molecule has 18 heavy (non-hydrogen) atoms. The van der Waals surface area contributed by atoms with Crippen LogP contribution >= 0.6 is 35.4 Å². The SMILES string of the molecule is CCC(C(=O)Nc1cc(Cl)c(C)cc1Cl)C(N)=S. The highest BCUT2D eigenvalue weighted by Crippen LogP contribution is 2.29. The Morgan fingerprint density at radius 2 is 2.06 bits per heavy atom. The number of hydrogen-bond donors (Lipinski definition) is 2. The van der Waals surface area contributed by atoms with E-state index in [1.54, 1.807) is 12.1 Å². The normalized spacial score (nSPS) is 12.0. The number of halogens is 2. The van der Waals surface area contributed by atoms with Gasteiger partial charge in [-0.2, -0.15) is 0 Å². The van der Waals surface area contributed by atoms with Gasteiger partial charge >= 0.3 is 0 Å². The molecule has 0 aliphatic heterocycles. The molecule has 3 nitrogen and oxygen atoms in total. The predicted octanol–water partition coefficient (Wildman–Crippen LogP) is 3.55. The van der Waals surface area contributed by atoms with Crippen LogP contribution in [0.3, 0.4) is 0 Å².